The summed E-state index contributed by atoms with van der Waals surface area (Å²) in [7, 11) is -1.94. The molecule has 0 atom stereocenters. The molecule has 3 nitrogen and oxygen atoms in total. The van der Waals surface area contributed by atoms with E-state index in [4.69, 9.17) is 15.4 Å². The van der Waals surface area contributed by atoms with Crippen molar-refractivity contribution >= 4 is 30.0 Å². The summed E-state index contributed by atoms with van der Waals surface area (Å²) < 4.78 is 70.1. The molecule has 0 saturated carbocycles. The van der Waals surface area contributed by atoms with Crippen LogP contribution in [-0.4, -0.2) is 18.0 Å². The van der Waals surface area contributed by atoms with Crippen LogP contribution in [0.3, 0.4) is 0 Å². The SMILES string of the molecule is [2H]C([2H])([2H])c1cnc(-c2[c-]ccc3c2oc2c(-c4cccc(-c5ccccc5)c4)cccc23)cc1C([2H])([2H])[2H].[2H]C([2H])(c1ccc(-c2[c-]cccc2)nc1)[Si](C)(C)C.[Ir]. The average molecular weight is 865 g/mol. The fourth-order valence-corrected chi connectivity index (χ4v) is 6.90. The number of hydrogen-bond donors (Lipinski definition) is 0. The van der Waals surface area contributed by atoms with Gasteiger partial charge in [0.25, 0.3) is 0 Å². The van der Waals surface area contributed by atoms with Gasteiger partial charge in [0.2, 0.25) is 0 Å². The summed E-state index contributed by atoms with van der Waals surface area (Å²) in [5, 5.41) is 1.73. The van der Waals surface area contributed by atoms with Crippen LogP contribution in [0.1, 0.15) is 27.7 Å². The van der Waals surface area contributed by atoms with Crippen LogP contribution in [0.15, 0.2) is 144 Å². The third kappa shape index (κ3) is 8.18. The molecule has 0 saturated heterocycles. The normalized spacial score (nSPS) is 14.3. The topological polar surface area (TPSA) is 38.9 Å². The van der Waals surface area contributed by atoms with Gasteiger partial charge in [-0.1, -0.05) is 121 Å². The molecule has 51 heavy (non-hydrogen) atoms. The minimum absolute atomic E-state index is 0. The Bertz CT molecular complexity index is 2710. The van der Waals surface area contributed by atoms with E-state index in [9.17, 15) is 0 Å². The van der Waals surface area contributed by atoms with Gasteiger partial charge in [0.15, 0.2) is 0 Å². The van der Waals surface area contributed by atoms with Crippen LogP contribution in [0.25, 0.3) is 66.7 Å². The third-order valence-corrected chi connectivity index (χ3v) is 9.21. The summed E-state index contributed by atoms with van der Waals surface area (Å²) in [4.78, 5) is 8.71. The van der Waals surface area contributed by atoms with Gasteiger partial charge in [-0.25, -0.2) is 0 Å². The van der Waals surface area contributed by atoms with Crippen molar-refractivity contribution in [2.24, 2.45) is 0 Å². The predicted molar refractivity (Wildman–Crippen MR) is 212 cm³/mol. The molecule has 0 spiro atoms. The standard InChI is InChI=1S/C31H22NO.C15H18NSi.Ir/c1-20-17-29(32-19-21(20)2)28-16-8-15-27-26-14-7-13-25(30(26)33-31(27)28)24-12-6-11-23(18-24)22-9-4-3-5-10-22;1-17(2,3)12-13-9-10-15(16-11-13)14-7-5-4-6-8-14;/h3-15,17-19H,1-2H3;4-7,9-11H,12H2,1-3H3;/q2*-1;/i1D3,2D3;12D2;. The fourth-order valence-electron chi connectivity index (χ4n) is 5.88. The Labute approximate surface area is 327 Å². The molecule has 5 heteroatoms. The van der Waals surface area contributed by atoms with Crippen molar-refractivity contribution in [3.8, 4) is 44.8 Å². The van der Waals surface area contributed by atoms with Gasteiger partial charge in [-0.15, -0.1) is 54.1 Å². The van der Waals surface area contributed by atoms with Crippen LogP contribution in [0.5, 0.6) is 0 Å². The molecule has 0 amide bonds. The molecular weight excluding hydrogens is 817 g/mol. The molecule has 0 fully saturated rings. The van der Waals surface area contributed by atoms with Gasteiger partial charge in [0, 0.05) is 62.5 Å². The Morgan fingerprint density at radius 1 is 0.647 bits per heavy atom. The van der Waals surface area contributed by atoms with Crippen LogP contribution < -0.4 is 0 Å². The Balaban J connectivity index is 0.000000247. The Hall–Kier alpha value is -4.93. The summed E-state index contributed by atoms with van der Waals surface area (Å²) in [6, 6.07) is 47.0. The van der Waals surface area contributed by atoms with Crippen LogP contribution in [0, 0.1) is 25.8 Å². The number of para-hydroxylation sites is 1. The van der Waals surface area contributed by atoms with Gasteiger partial charge in [-0.2, -0.15) is 0 Å². The van der Waals surface area contributed by atoms with Gasteiger partial charge in [-0.05, 0) is 65.0 Å². The quantitative estimate of drug-likeness (QED) is 0.123. The third-order valence-electron chi connectivity index (χ3n) is 8.17. The molecule has 255 valence electrons. The number of rotatable bonds is 6. The Morgan fingerprint density at radius 3 is 2.14 bits per heavy atom. The minimum atomic E-state index is -2.62. The van der Waals surface area contributed by atoms with E-state index >= 15 is 0 Å². The largest absolute Gasteiger partial charge is 0.500 e. The predicted octanol–water partition coefficient (Wildman–Crippen LogP) is 12.4. The van der Waals surface area contributed by atoms with Crippen LogP contribution in [-0.2, 0) is 26.1 Å². The zero-order chi connectivity index (χ0) is 41.5. The molecule has 0 bridgehead atoms. The first-order chi connectivity index (χ1) is 27.4. The Morgan fingerprint density at radius 2 is 1.39 bits per heavy atom. The van der Waals surface area contributed by atoms with Crippen molar-refractivity contribution in [1.29, 1.82) is 0 Å². The number of nitrogens with zero attached hydrogens (tertiary/aromatic N) is 2. The summed E-state index contributed by atoms with van der Waals surface area (Å²) >= 11 is 0. The number of aromatic nitrogens is 2. The molecule has 1 radical (unpaired) electrons. The minimum Gasteiger partial charge on any atom is -0.500 e. The van der Waals surface area contributed by atoms with Gasteiger partial charge in [-0.3, -0.25) is 0 Å². The molecule has 0 aliphatic rings. The van der Waals surface area contributed by atoms with Crippen LogP contribution in [0.2, 0.25) is 19.6 Å². The summed E-state index contributed by atoms with van der Waals surface area (Å²) in [6.07, 6.45) is 2.79. The fraction of sp³-hybridized carbons (Fsp3) is 0.130. The van der Waals surface area contributed by atoms with E-state index < -0.39 is 27.8 Å². The monoisotopic (exact) mass is 865 g/mol. The summed E-state index contributed by atoms with van der Waals surface area (Å²) in [6.45, 7) is 0.872. The number of hydrogen-bond acceptors (Lipinski definition) is 3. The first kappa shape index (κ1) is 26.8. The van der Waals surface area contributed by atoms with E-state index in [-0.39, 0.29) is 36.9 Å². The smallest absolute Gasteiger partial charge is 0.128 e. The second-order valence-electron chi connectivity index (χ2n) is 13.0. The number of aryl methyl sites for hydroxylation is 2. The molecule has 5 aromatic carbocycles. The van der Waals surface area contributed by atoms with E-state index in [1.165, 1.54) is 6.07 Å². The van der Waals surface area contributed by atoms with Gasteiger partial charge >= 0.3 is 0 Å². The second-order valence-corrected chi connectivity index (χ2v) is 17.8. The maximum atomic E-state index is 8.27. The van der Waals surface area contributed by atoms with Crippen molar-refractivity contribution < 1.29 is 35.5 Å². The first-order valence-corrected chi connectivity index (χ1v) is 19.9. The number of benzene rings is 5. The average Bonchev–Trinajstić information content (AvgIpc) is 3.60. The van der Waals surface area contributed by atoms with Gasteiger partial charge in [0.05, 0.1) is 5.58 Å². The van der Waals surface area contributed by atoms with Crippen molar-refractivity contribution in [2.45, 2.75) is 39.3 Å². The molecular formula is C46H40IrN2OSi-2. The zero-order valence-corrected chi connectivity index (χ0v) is 31.8. The molecule has 0 unspecified atom stereocenters. The molecule has 3 aromatic heterocycles. The first-order valence-electron chi connectivity index (χ1n) is 20.4. The van der Waals surface area contributed by atoms with Gasteiger partial charge in [0.1, 0.15) is 5.58 Å². The van der Waals surface area contributed by atoms with E-state index in [0.29, 0.717) is 22.3 Å². The van der Waals surface area contributed by atoms with E-state index in [0.717, 1.165) is 50.5 Å². The molecule has 8 aromatic rings. The van der Waals surface area contributed by atoms with Gasteiger partial charge < -0.3 is 14.4 Å². The van der Waals surface area contributed by atoms with E-state index in [1.54, 1.807) is 12.3 Å². The molecule has 3 heterocycles. The summed E-state index contributed by atoms with van der Waals surface area (Å²) in [5.41, 5.74) is 7.95. The van der Waals surface area contributed by atoms with Crippen LogP contribution in [0.4, 0.5) is 0 Å². The van der Waals surface area contributed by atoms with Crippen molar-refractivity contribution in [3.05, 3.63) is 169 Å². The number of fused-ring (bicyclic) bond motifs is 3. The maximum Gasteiger partial charge on any atom is 0.128 e. The molecule has 8 rings (SSSR count). The molecule has 0 aliphatic carbocycles. The van der Waals surface area contributed by atoms with Crippen LogP contribution >= 0.6 is 0 Å². The number of furan rings is 1. The van der Waals surface area contributed by atoms with E-state index in [2.05, 4.69) is 46.4 Å². The van der Waals surface area contributed by atoms with Crippen molar-refractivity contribution in [2.75, 3.05) is 0 Å². The second kappa shape index (κ2) is 15.5. The Kier molecular flexibility index (Phi) is 8.17. The number of pyridine rings is 2. The zero-order valence-electron chi connectivity index (χ0n) is 36.4. The molecule has 0 aliphatic heterocycles. The van der Waals surface area contributed by atoms with E-state index in [1.807, 2.05) is 111 Å². The summed E-state index contributed by atoms with van der Waals surface area (Å²) in [5.74, 6) is -1.26. The maximum absolute atomic E-state index is 8.27. The van der Waals surface area contributed by atoms with Crippen molar-refractivity contribution in [1.82, 2.24) is 9.97 Å². The molecule has 0 N–H and O–H groups in total. The van der Waals surface area contributed by atoms with Crippen molar-refractivity contribution in [3.63, 3.8) is 0 Å².